The summed E-state index contributed by atoms with van der Waals surface area (Å²) in [6.45, 7) is 8.61. The molecule has 6 nitrogen and oxygen atoms in total. The molecule has 2 atom stereocenters. The van der Waals surface area contributed by atoms with E-state index in [0.29, 0.717) is 12.8 Å². The van der Waals surface area contributed by atoms with Crippen LogP contribution < -0.4 is 0 Å². The van der Waals surface area contributed by atoms with Crippen LogP contribution in [-0.2, 0) is 14.4 Å². The van der Waals surface area contributed by atoms with Gasteiger partial charge in [0.15, 0.2) is 0 Å². The minimum absolute atomic E-state index is 0.0123. The van der Waals surface area contributed by atoms with Crippen LogP contribution in [0, 0.1) is 11.8 Å². The molecule has 0 aromatic carbocycles. The Kier molecular flexibility index (Phi) is 9.38. The number of aliphatic carboxylic acids is 3. The Morgan fingerprint density at radius 1 is 0.958 bits per heavy atom. The zero-order valence-electron chi connectivity index (χ0n) is 14.4. The first kappa shape index (κ1) is 21.6. The summed E-state index contributed by atoms with van der Waals surface area (Å²) in [5.74, 6) is -4.67. The minimum atomic E-state index is -1.18. The highest BCUT2D eigenvalue weighted by Gasteiger charge is 2.23. The Morgan fingerprint density at radius 3 is 1.92 bits per heavy atom. The lowest BCUT2D eigenvalue weighted by Crippen LogP contribution is -2.17. The predicted octanol–water partition coefficient (Wildman–Crippen LogP) is 3.50. The summed E-state index contributed by atoms with van der Waals surface area (Å²) in [6, 6.07) is 0. The molecule has 0 spiro atoms. The van der Waals surface area contributed by atoms with Gasteiger partial charge >= 0.3 is 17.9 Å². The maximum atomic E-state index is 11.7. The average molecular weight is 338 g/mol. The molecule has 6 heteroatoms. The molecule has 2 unspecified atom stereocenters. The van der Waals surface area contributed by atoms with E-state index in [-0.39, 0.29) is 16.7 Å². The molecule has 0 saturated carbocycles. The third-order valence-corrected chi connectivity index (χ3v) is 3.85. The SMILES string of the molecule is C=C(C(=O)O)C(C=C(C(=O)O)C(C=C(C)C(=O)O)CCCC)CC. The fourth-order valence-corrected chi connectivity index (χ4v) is 2.32. The lowest BCUT2D eigenvalue weighted by molar-refractivity contribution is -0.134. The topological polar surface area (TPSA) is 112 Å². The van der Waals surface area contributed by atoms with Crippen LogP contribution >= 0.6 is 0 Å². The number of hydrogen-bond donors (Lipinski definition) is 3. The van der Waals surface area contributed by atoms with E-state index in [0.717, 1.165) is 12.8 Å². The predicted molar refractivity (Wildman–Crippen MR) is 90.7 cm³/mol. The van der Waals surface area contributed by atoms with Crippen LogP contribution in [0.15, 0.2) is 35.5 Å². The van der Waals surface area contributed by atoms with Gasteiger partial charge in [-0.1, -0.05) is 45.4 Å². The second-order valence-corrected chi connectivity index (χ2v) is 5.68. The molecule has 0 bridgehead atoms. The molecular formula is C18H26O6. The number of unbranched alkanes of at least 4 members (excludes halogenated alkanes) is 1. The van der Waals surface area contributed by atoms with Crippen LogP contribution in [0.3, 0.4) is 0 Å². The van der Waals surface area contributed by atoms with Crippen LogP contribution in [0.25, 0.3) is 0 Å². The smallest absolute Gasteiger partial charge is 0.331 e. The zero-order chi connectivity index (χ0) is 18.9. The summed E-state index contributed by atoms with van der Waals surface area (Å²) < 4.78 is 0. The Morgan fingerprint density at radius 2 is 1.54 bits per heavy atom. The normalized spacial score (nSPS) is 14.8. The number of carbonyl (C=O) groups is 3. The van der Waals surface area contributed by atoms with Gasteiger partial charge in [0.05, 0.1) is 0 Å². The molecule has 0 fully saturated rings. The molecule has 0 radical (unpaired) electrons. The maximum Gasteiger partial charge on any atom is 0.331 e. The van der Waals surface area contributed by atoms with E-state index < -0.39 is 29.7 Å². The van der Waals surface area contributed by atoms with Gasteiger partial charge in [-0.3, -0.25) is 0 Å². The van der Waals surface area contributed by atoms with Gasteiger partial charge in [-0.2, -0.15) is 0 Å². The van der Waals surface area contributed by atoms with Crippen molar-refractivity contribution in [2.75, 3.05) is 0 Å². The highest BCUT2D eigenvalue weighted by Crippen LogP contribution is 2.26. The second-order valence-electron chi connectivity index (χ2n) is 5.68. The first-order valence-electron chi connectivity index (χ1n) is 7.94. The van der Waals surface area contributed by atoms with E-state index in [4.69, 9.17) is 10.2 Å². The molecule has 0 aliphatic heterocycles. The molecule has 0 aromatic rings. The standard InChI is InChI=1S/C18H26O6/c1-5-7-8-14(9-11(3)16(19)20)15(18(23)24)10-13(6-2)12(4)17(21)22/h9-10,13-14H,4-8H2,1-3H3,(H,19,20)(H,21,22)(H,23,24). The Labute approximate surface area is 142 Å². The fourth-order valence-electron chi connectivity index (χ4n) is 2.32. The van der Waals surface area contributed by atoms with Crippen molar-refractivity contribution in [2.45, 2.75) is 46.5 Å². The van der Waals surface area contributed by atoms with Crippen molar-refractivity contribution in [3.05, 3.63) is 35.5 Å². The molecule has 24 heavy (non-hydrogen) atoms. The van der Waals surface area contributed by atoms with Crippen molar-refractivity contribution in [3.63, 3.8) is 0 Å². The third kappa shape index (κ3) is 6.81. The van der Waals surface area contributed by atoms with Crippen LogP contribution in [0.1, 0.15) is 46.5 Å². The molecule has 134 valence electrons. The second kappa shape index (κ2) is 10.4. The molecule has 0 amide bonds. The molecule has 0 aromatic heterocycles. The Bertz CT molecular complexity index is 556. The lowest BCUT2D eigenvalue weighted by atomic mass is 9.86. The van der Waals surface area contributed by atoms with Crippen molar-refractivity contribution >= 4 is 17.9 Å². The third-order valence-electron chi connectivity index (χ3n) is 3.85. The van der Waals surface area contributed by atoms with Gasteiger partial charge in [-0.25, -0.2) is 14.4 Å². The van der Waals surface area contributed by atoms with Gasteiger partial charge in [0.1, 0.15) is 0 Å². The largest absolute Gasteiger partial charge is 0.478 e. The molecular weight excluding hydrogens is 312 g/mol. The maximum absolute atomic E-state index is 11.7. The van der Waals surface area contributed by atoms with Gasteiger partial charge in [-0.05, 0) is 19.8 Å². The van der Waals surface area contributed by atoms with E-state index >= 15 is 0 Å². The van der Waals surface area contributed by atoms with E-state index in [9.17, 15) is 19.5 Å². The Balaban J connectivity index is 5.90. The monoisotopic (exact) mass is 338 g/mol. The van der Waals surface area contributed by atoms with Crippen LogP contribution in [0.4, 0.5) is 0 Å². The van der Waals surface area contributed by atoms with Gasteiger partial charge in [0, 0.05) is 28.6 Å². The van der Waals surface area contributed by atoms with Crippen LogP contribution in [0.2, 0.25) is 0 Å². The van der Waals surface area contributed by atoms with E-state index in [1.54, 1.807) is 6.92 Å². The summed E-state index contributed by atoms with van der Waals surface area (Å²) in [7, 11) is 0. The first-order chi connectivity index (χ1) is 11.1. The summed E-state index contributed by atoms with van der Waals surface area (Å²) in [6.07, 6.45) is 5.26. The number of rotatable bonds is 11. The van der Waals surface area contributed by atoms with Gasteiger partial charge < -0.3 is 15.3 Å². The Hall–Kier alpha value is -2.37. The van der Waals surface area contributed by atoms with E-state index in [1.807, 2.05) is 6.92 Å². The van der Waals surface area contributed by atoms with Gasteiger partial charge in [0.25, 0.3) is 0 Å². The van der Waals surface area contributed by atoms with Crippen molar-refractivity contribution in [3.8, 4) is 0 Å². The number of allylic oxidation sites excluding steroid dienone is 2. The van der Waals surface area contributed by atoms with Crippen molar-refractivity contribution < 1.29 is 29.7 Å². The average Bonchev–Trinajstić information content (AvgIpc) is 2.51. The van der Waals surface area contributed by atoms with E-state index in [2.05, 4.69) is 6.58 Å². The van der Waals surface area contributed by atoms with Crippen molar-refractivity contribution in [2.24, 2.45) is 11.8 Å². The molecule has 0 aliphatic rings. The number of carboxylic acid groups (broad SMARTS) is 3. The molecule has 0 heterocycles. The highest BCUT2D eigenvalue weighted by molar-refractivity contribution is 5.91. The number of hydrogen-bond acceptors (Lipinski definition) is 3. The van der Waals surface area contributed by atoms with Gasteiger partial charge in [-0.15, -0.1) is 0 Å². The summed E-state index contributed by atoms with van der Waals surface area (Å²) in [5.41, 5.74) is -0.00362. The summed E-state index contributed by atoms with van der Waals surface area (Å²) in [4.78, 5) is 33.8. The van der Waals surface area contributed by atoms with Crippen LogP contribution in [0.5, 0.6) is 0 Å². The lowest BCUT2D eigenvalue weighted by Gasteiger charge is -2.18. The first-order valence-corrected chi connectivity index (χ1v) is 7.94. The molecule has 3 N–H and O–H groups in total. The fraction of sp³-hybridized carbons (Fsp3) is 0.500. The van der Waals surface area contributed by atoms with Gasteiger partial charge in [0.2, 0.25) is 0 Å². The zero-order valence-corrected chi connectivity index (χ0v) is 14.4. The molecule has 0 rings (SSSR count). The summed E-state index contributed by atoms with van der Waals surface area (Å²) >= 11 is 0. The van der Waals surface area contributed by atoms with Crippen molar-refractivity contribution in [1.82, 2.24) is 0 Å². The molecule has 0 aliphatic carbocycles. The van der Waals surface area contributed by atoms with Crippen LogP contribution in [-0.4, -0.2) is 33.2 Å². The number of carboxylic acids is 3. The molecule has 0 saturated heterocycles. The minimum Gasteiger partial charge on any atom is -0.478 e. The quantitative estimate of drug-likeness (QED) is 0.497. The van der Waals surface area contributed by atoms with Crippen molar-refractivity contribution in [1.29, 1.82) is 0 Å². The highest BCUT2D eigenvalue weighted by atomic mass is 16.4. The van der Waals surface area contributed by atoms with E-state index in [1.165, 1.54) is 19.1 Å². The summed E-state index contributed by atoms with van der Waals surface area (Å²) in [5, 5.41) is 27.6.